The van der Waals surface area contributed by atoms with E-state index in [-0.39, 0.29) is 12.5 Å². The van der Waals surface area contributed by atoms with Crippen LogP contribution in [0.25, 0.3) is 0 Å². The number of hydrogen-bond donors (Lipinski definition) is 1. The minimum Gasteiger partial charge on any atom is -0.355 e. The standard InChI is InChI=1S/C21H26IN3O4S/c1-4-23-21(27)16(2)24(14-17-8-6-5-7-9-17)20(26)15-25(30(3,28)29)19-12-10-18(22)11-13-19/h5-13,16H,4,14-15H2,1-3H3,(H,23,27). The number of sulfonamides is 1. The van der Waals surface area contributed by atoms with Gasteiger partial charge in [-0.05, 0) is 66.3 Å². The first-order valence-corrected chi connectivity index (χ1v) is 12.4. The molecular formula is C21H26IN3O4S. The van der Waals surface area contributed by atoms with E-state index in [0.717, 1.165) is 19.7 Å². The van der Waals surface area contributed by atoms with Crippen LogP contribution in [0.3, 0.4) is 0 Å². The van der Waals surface area contributed by atoms with E-state index in [0.29, 0.717) is 12.2 Å². The maximum absolute atomic E-state index is 13.2. The third-order valence-corrected chi connectivity index (χ3v) is 6.37. The third kappa shape index (κ3) is 6.69. The Bertz CT molecular complexity index is 966. The van der Waals surface area contributed by atoms with Crippen molar-refractivity contribution in [2.75, 3.05) is 23.7 Å². The van der Waals surface area contributed by atoms with Crippen molar-refractivity contribution in [3.63, 3.8) is 0 Å². The highest BCUT2D eigenvalue weighted by Crippen LogP contribution is 2.20. The maximum atomic E-state index is 13.2. The van der Waals surface area contributed by atoms with Crippen molar-refractivity contribution < 1.29 is 18.0 Å². The summed E-state index contributed by atoms with van der Waals surface area (Å²) < 4.78 is 26.8. The second-order valence-corrected chi connectivity index (χ2v) is 9.98. The Kier molecular flexibility index (Phi) is 8.65. The molecular weight excluding hydrogens is 517 g/mol. The van der Waals surface area contributed by atoms with Crippen LogP contribution in [0.2, 0.25) is 0 Å². The van der Waals surface area contributed by atoms with E-state index in [4.69, 9.17) is 0 Å². The van der Waals surface area contributed by atoms with E-state index in [1.54, 1.807) is 38.1 Å². The number of carbonyl (C=O) groups excluding carboxylic acids is 2. The lowest BCUT2D eigenvalue weighted by Gasteiger charge is -2.31. The molecule has 0 aliphatic carbocycles. The lowest BCUT2D eigenvalue weighted by molar-refractivity contribution is -0.139. The Morgan fingerprint density at radius 2 is 1.67 bits per heavy atom. The molecule has 1 unspecified atom stereocenters. The molecule has 1 atom stereocenters. The molecule has 1 N–H and O–H groups in total. The molecule has 2 aromatic carbocycles. The molecule has 0 aliphatic heterocycles. The smallest absolute Gasteiger partial charge is 0.244 e. The largest absolute Gasteiger partial charge is 0.355 e. The number of hydrogen-bond acceptors (Lipinski definition) is 4. The topological polar surface area (TPSA) is 86.8 Å². The monoisotopic (exact) mass is 543 g/mol. The van der Waals surface area contributed by atoms with Crippen molar-refractivity contribution in [2.45, 2.75) is 26.4 Å². The molecule has 9 heteroatoms. The van der Waals surface area contributed by atoms with Crippen molar-refractivity contribution in [1.29, 1.82) is 0 Å². The highest BCUT2D eigenvalue weighted by atomic mass is 127. The molecule has 2 amide bonds. The summed E-state index contributed by atoms with van der Waals surface area (Å²) in [5.74, 6) is -0.747. The van der Waals surface area contributed by atoms with Crippen LogP contribution in [0.15, 0.2) is 54.6 Å². The predicted molar refractivity (Wildman–Crippen MR) is 126 cm³/mol. The fraction of sp³-hybridized carbons (Fsp3) is 0.333. The van der Waals surface area contributed by atoms with Crippen molar-refractivity contribution in [3.05, 3.63) is 63.7 Å². The number of likely N-dealkylation sites (N-methyl/N-ethyl adjacent to an activating group) is 1. The zero-order chi connectivity index (χ0) is 22.3. The van der Waals surface area contributed by atoms with Gasteiger partial charge in [0, 0.05) is 16.7 Å². The molecule has 2 aromatic rings. The van der Waals surface area contributed by atoms with E-state index in [1.807, 2.05) is 30.3 Å². The van der Waals surface area contributed by atoms with Gasteiger partial charge in [-0.3, -0.25) is 13.9 Å². The molecule has 0 saturated heterocycles. The lowest BCUT2D eigenvalue weighted by Crippen LogP contribution is -2.51. The van der Waals surface area contributed by atoms with Crippen molar-refractivity contribution in [2.24, 2.45) is 0 Å². The Hall–Kier alpha value is -2.14. The Labute approximate surface area is 191 Å². The van der Waals surface area contributed by atoms with Crippen LogP contribution in [-0.2, 0) is 26.2 Å². The van der Waals surface area contributed by atoms with Crippen LogP contribution >= 0.6 is 22.6 Å². The zero-order valence-corrected chi connectivity index (χ0v) is 20.2. The van der Waals surface area contributed by atoms with Crippen LogP contribution in [-0.4, -0.2) is 50.5 Å². The average Bonchev–Trinajstić information content (AvgIpc) is 2.70. The van der Waals surface area contributed by atoms with Gasteiger partial charge in [-0.2, -0.15) is 0 Å². The van der Waals surface area contributed by atoms with Gasteiger partial charge in [-0.1, -0.05) is 30.3 Å². The highest BCUT2D eigenvalue weighted by Gasteiger charge is 2.29. The van der Waals surface area contributed by atoms with Gasteiger partial charge in [-0.25, -0.2) is 8.42 Å². The summed E-state index contributed by atoms with van der Waals surface area (Å²) in [5.41, 5.74) is 1.25. The van der Waals surface area contributed by atoms with Gasteiger partial charge < -0.3 is 10.2 Å². The summed E-state index contributed by atoms with van der Waals surface area (Å²) >= 11 is 2.13. The number of anilines is 1. The molecule has 30 heavy (non-hydrogen) atoms. The molecule has 0 fully saturated rings. The summed E-state index contributed by atoms with van der Waals surface area (Å²) in [6, 6.07) is 15.4. The first-order valence-electron chi connectivity index (χ1n) is 9.48. The van der Waals surface area contributed by atoms with E-state index in [9.17, 15) is 18.0 Å². The molecule has 0 aromatic heterocycles. The molecule has 0 saturated carbocycles. The molecule has 0 radical (unpaired) electrons. The predicted octanol–water partition coefficient (Wildman–Crippen LogP) is 2.61. The minimum atomic E-state index is -3.71. The Morgan fingerprint density at radius 3 is 2.20 bits per heavy atom. The minimum absolute atomic E-state index is 0.197. The van der Waals surface area contributed by atoms with Crippen LogP contribution in [0.4, 0.5) is 5.69 Å². The molecule has 7 nitrogen and oxygen atoms in total. The van der Waals surface area contributed by atoms with Gasteiger partial charge in [0.25, 0.3) is 0 Å². The highest BCUT2D eigenvalue weighted by molar-refractivity contribution is 14.1. The van der Waals surface area contributed by atoms with E-state index in [1.165, 1.54) is 4.90 Å². The Morgan fingerprint density at radius 1 is 1.07 bits per heavy atom. The van der Waals surface area contributed by atoms with Gasteiger partial charge in [0.05, 0.1) is 11.9 Å². The normalized spacial score (nSPS) is 12.1. The number of amides is 2. The van der Waals surface area contributed by atoms with Crippen molar-refractivity contribution >= 4 is 50.1 Å². The van der Waals surface area contributed by atoms with Gasteiger partial charge in [0.1, 0.15) is 12.6 Å². The van der Waals surface area contributed by atoms with Crippen LogP contribution in [0, 0.1) is 3.57 Å². The lowest BCUT2D eigenvalue weighted by atomic mass is 10.1. The number of benzene rings is 2. The van der Waals surface area contributed by atoms with Gasteiger partial charge in [0.2, 0.25) is 21.8 Å². The Balaban J connectivity index is 2.34. The molecule has 2 rings (SSSR count). The summed E-state index contributed by atoms with van der Waals surface area (Å²) in [6.07, 6.45) is 1.06. The number of carbonyl (C=O) groups is 2. The number of nitrogens with zero attached hydrogens (tertiary/aromatic N) is 2. The fourth-order valence-electron chi connectivity index (χ4n) is 2.91. The van der Waals surface area contributed by atoms with E-state index < -0.39 is 28.5 Å². The molecule has 0 spiro atoms. The quantitative estimate of drug-likeness (QED) is 0.493. The maximum Gasteiger partial charge on any atom is 0.244 e. The second kappa shape index (κ2) is 10.8. The molecule has 0 bridgehead atoms. The van der Waals surface area contributed by atoms with E-state index >= 15 is 0 Å². The number of halogens is 1. The summed E-state index contributed by atoms with van der Waals surface area (Å²) in [5, 5.41) is 2.72. The fourth-order valence-corrected chi connectivity index (χ4v) is 4.11. The first-order chi connectivity index (χ1) is 14.1. The molecule has 0 heterocycles. The SMILES string of the molecule is CCNC(=O)C(C)N(Cc1ccccc1)C(=O)CN(c1ccc(I)cc1)S(C)(=O)=O. The van der Waals surface area contributed by atoms with Gasteiger partial charge >= 0.3 is 0 Å². The summed E-state index contributed by atoms with van der Waals surface area (Å²) in [6.45, 7) is 3.69. The van der Waals surface area contributed by atoms with Crippen molar-refractivity contribution in [3.8, 4) is 0 Å². The van der Waals surface area contributed by atoms with Crippen LogP contribution < -0.4 is 9.62 Å². The molecule has 0 aliphatic rings. The van der Waals surface area contributed by atoms with Crippen molar-refractivity contribution in [1.82, 2.24) is 10.2 Å². The second-order valence-electron chi connectivity index (χ2n) is 6.82. The average molecular weight is 543 g/mol. The third-order valence-electron chi connectivity index (χ3n) is 4.51. The zero-order valence-electron chi connectivity index (χ0n) is 17.2. The first kappa shape index (κ1) is 24.1. The number of nitrogens with one attached hydrogen (secondary N) is 1. The van der Waals surface area contributed by atoms with Gasteiger partial charge in [0.15, 0.2) is 0 Å². The summed E-state index contributed by atoms with van der Waals surface area (Å²) in [7, 11) is -3.71. The van der Waals surface area contributed by atoms with Crippen LogP contribution in [0.5, 0.6) is 0 Å². The molecule has 162 valence electrons. The van der Waals surface area contributed by atoms with E-state index in [2.05, 4.69) is 27.9 Å². The number of rotatable bonds is 9. The summed E-state index contributed by atoms with van der Waals surface area (Å²) in [4.78, 5) is 27.1. The van der Waals surface area contributed by atoms with Crippen LogP contribution in [0.1, 0.15) is 19.4 Å². The van der Waals surface area contributed by atoms with Gasteiger partial charge in [-0.15, -0.1) is 0 Å².